The second-order valence-electron chi connectivity index (χ2n) is 11.5. The summed E-state index contributed by atoms with van der Waals surface area (Å²) in [6, 6.07) is 19.0. The standard InChI is InChI=1S/C32H41N3O4S/c1-22-13-16-28(17-14-22)40(38,39)35(29-19-24(3)12-15-25(29)4)21-30(36)34(20-27-11-9-10-23(2)18-27)26(5)31(37)33-32(6,7)8/h9-19,26H,20-21H2,1-8H3,(H,33,37). The van der Waals surface area contributed by atoms with Crippen molar-refractivity contribution in [1.82, 2.24) is 10.2 Å². The molecule has 0 aliphatic heterocycles. The van der Waals surface area contributed by atoms with Crippen molar-refractivity contribution in [3.8, 4) is 0 Å². The number of carbonyl (C=O) groups is 2. The van der Waals surface area contributed by atoms with Crippen LogP contribution in [-0.4, -0.2) is 43.3 Å². The molecular formula is C32H41N3O4S. The second-order valence-corrected chi connectivity index (χ2v) is 13.4. The largest absolute Gasteiger partial charge is 0.350 e. The lowest BCUT2D eigenvalue weighted by atomic mass is 10.1. The Kier molecular flexibility index (Phi) is 9.46. The van der Waals surface area contributed by atoms with Crippen LogP contribution < -0.4 is 9.62 Å². The molecule has 3 rings (SSSR count). The Hall–Kier alpha value is -3.65. The Balaban J connectivity index is 2.08. The predicted octanol–water partition coefficient (Wildman–Crippen LogP) is 5.45. The minimum atomic E-state index is -4.11. The van der Waals surface area contributed by atoms with Crippen molar-refractivity contribution in [2.75, 3.05) is 10.8 Å². The SMILES string of the molecule is Cc1ccc(S(=O)(=O)N(CC(=O)N(Cc2cccc(C)c2)C(C)C(=O)NC(C)(C)C)c2cc(C)ccc2C)cc1. The molecule has 0 radical (unpaired) electrons. The fraction of sp³-hybridized carbons (Fsp3) is 0.375. The molecule has 0 saturated heterocycles. The molecule has 0 saturated carbocycles. The van der Waals surface area contributed by atoms with Gasteiger partial charge < -0.3 is 10.2 Å². The van der Waals surface area contributed by atoms with E-state index in [0.29, 0.717) is 5.69 Å². The zero-order chi connectivity index (χ0) is 29.8. The van der Waals surface area contributed by atoms with E-state index < -0.39 is 34.1 Å². The maximum absolute atomic E-state index is 14.1. The van der Waals surface area contributed by atoms with Crippen LogP contribution in [0.1, 0.15) is 55.5 Å². The number of aryl methyl sites for hydroxylation is 4. The van der Waals surface area contributed by atoms with Crippen molar-refractivity contribution >= 4 is 27.5 Å². The van der Waals surface area contributed by atoms with Gasteiger partial charge in [0.2, 0.25) is 11.8 Å². The Morgan fingerprint density at radius 2 is 1.45 bits per heavy atom. The van der Waals surface area contributed by atoms with Crippen molar-refractivity contribution in [2.45, 2.75) is 78.4 Å². The fourth-order valence-electron chi connectivity index (χ4n) is 4.40. The van der Waals surface area contributed by atoms with E-state index in [1.54, 1.807) is 37.3 Å². The zero-order valence-corrected chi connectivity index (χ0v) is 25.6. The van der Waals surface area contributed by atoms with Crippen LogP contribution in [0.15, 0.2) is 71.6 Å². The number of nitrogens with one attached hydrogen (secondary N) is 1. The van der Waals surface area contributed by atoms with Gasteiger partial charge in [-0.25, -0.2) is 8.42 Å². The van der Waals surface area contributed by atoms with Crippen molar-refractivity contribution in [3.05, 3.63) is 94.5 Å². The average molecular weight is 564 g/mol. The van der Waals surface area contributed by atoms with Gasteiger partial charge in [-0.15, -0.1) is 0 Å². The van der Waals surface area contributed by atoms with Crippen LogP contribution in [0.25, 0.3) is 0 Å². The molecule has 0 aliphatic carbocycles. The summed E-state index contributed by atoms with van der Waals surface area (Å²) in [5.41, 5.74) is 4.32. The molecule has 1 atom stereocenters. The number of hydrogen-bond donors (Lipinski definition) is 1. The molecule has 2 amide bonds. The predicted molar refractivity (Wildman–Crippen MR) is 161 cm³/mol. The number of amides is 2. The van der Waals surface area contributed by atoms with Crippen molar-refractivity contribution in [1.29, 1.82) is 0 Å². The first-order chi connectivity index (χ1) is 18.6. The maximum atomic E-state index is 14.1. The summed E-state index contributed by atoms with van der Waals surface area (Å²) in [4.78, 5) is 28.9. The molecule has 214 valence electrons. The highest BCUT2D eigenvalue weighted by molar-refractivity contribution is 7.92. The summed E-state index contributed by atoms with van der Waals surface area (Å²) in [5.74, 6) is -0.789. The number of rotatable bonds is 9. The molecule has 0 aromatic heterocycles. The van der Waals surface area contributed by atoms with E-state index in [4.69, 9.17) is 0 Å². The minimum Gasteiger partial charge on any atom is -0.350 e. The van der Waals surface area contributed by atoms with Gasteiger partial charge in [-0.05, 0) is 90.3 Å². The number of anilines is 1. The van der Waals surface area contributed by atoms with Crippen LogP contribution in [0, 0.1) is 27.7 Å². The monoisotopic (exact) mass is 563 g/mol. The lowest BCUT2D eigenvalue weighted by Gasteiger charge is -2.34. The van der Waals surface area contributed by atoms with E-state index in [1.807, 2.05) is 84.9 Å². The number of sulfonamides is 1. The van der Waals surface area contributed by atoms with Crippen molar-refractivity contribution in [2.24, 2.45) is 0 Å². The Morgan fingerprint density at radius 3 is 2.05 bits per heavy atom. The minimum absolute atomic E-state index is 0.0931. The van der Waals surface area contributed by atoms with Gasteiger partial charge in [0.1, 0.15) is 12.6 Å². The highest BCUT2D eigenvalue weighted by Crippen LogP contribution is 2.29. The summed E-state index contributed by atoms with van der Waals surface area (Å²) >= 11 is 0. The van der Waals surface area contributed by atoms with Crippen molar-refractivity contribution in [3.63, 3.8) is 0 Å². The van der Waals surface area contributed by atoms with Crippen LogP contribution in [0.3, 0.4) is 0 Å². The molecule has 0 fully saturated rings. The molecule has 0 spiro atoms. The second kappa shape index (κ2) is 12.3. The Labute approximate surface area is 239 Å². The number of nitrogens with zero attached hydrogens (tertiary/aromatic N) is 2. The molecule has 1 N–H and O–H groups in total. The first-order valence-corrected chi connectivity index (χ1v) is 14.9. The van der Waals surface area contributed by atoms with E-state index in [2.05, 4.69) is 5.32 Å². The highest BCUT2D eigenvalue weighted by Gasteiger charge is 2.34. The number of carbonyl (C=O) groups excluding carboxylic acids is 2. The lowest BCUT2D eigenvalue weighted by Crippen LogP contribution is -2.54. The van der Waals surface area contributed by atoms with Gasteiger partial charge in [-0.2, -0.15) is 0 Å². The van der Waals surface area contributed by atoms with E-state index in [1.165, 1.54) is 9.21 Å². The molecule has 0 aliphatic rings. The molecule has 7 nitrogen and oxygen atoms in total. The van der Waals surface area contributed by atoms with Gasteiger partial charge >= 0.3 is 0 Å². The Bertz CT molecular complexity index is 1470. The normalized spacial score (nSPS) is 12.5. The van der Waals surface area contributed by atoms with Gasteiger partial charge in [-0.3, -0.25) is 13.9 Å². The first kappa shape index (κ1) is 30.9. The van der Waals surface area contributed by atoms with Gasteiger partial charge in [0.05, 0.1) is 10.6 Å². The summed E-state index contributed by atoms with van der Waals surface area (Å²) in [5, 5.41) is 2.95. The molecule has 3 aromatic carbocycles. The summed E-state index contributed by atoms with van der Waals surface area (Å²) < 4.78 is 29.2. The zero-order valence-electron chi connectivity index (χ0n) is 24.8. The maximum Gasteiger partial charge on any atom is 0.264 e. The third kappa shape index (κ3) is 7.72. The van der Waals surface area contributed by atoms with E-state index in [0.717, 1.165) is 27.8 Å². The van der Waals surface area contributed by atoms with Crippen molar-refractivity contribution < 1.29 is 18.0 Å². The fourth-order valence-corrected chi connectivity index (χ4v) is 5.87. The van der Waals surface area contributed by atoms with Crippen LogP contribution in [0.4, 0.5) is 5.69 Å². The molecule has 0 heterocycles. The van der Waals surface area contributed by atoms with Crippen LogP contribution >= 0.6 is 0 Å². The summed E-state index contributed by atoms with van der Waals surface area (Å²) in [6.45, 7) is 14.5. The molecule has 1 unspecified atom stereocenters. The quantitative estimate of drug-likeness (QED) is 0.375. The molecule has 0 bridgehead atoms. The van der Waals surface area contributed by atoms with Crippen LogP contribution in [-0.2, 0) is 26.2 Å². The first-order valence-electron chi connectivity index (χ1n) is 13.4. The smallest absolute Gasteiger partial charge is 0.264 e. The van der Waals surface area contributed by atoms with Crippen LogP contribution in [0.2, 0.25) is 0 Å². The third-order valence-electron chi connectivity index (χ3n) is 6.62. The third-order valence-corrected chi connectivity index (χ3v) is 8.40. The summed E-state index contributed by atoms with van der Waals surface area (Å²) in [6.07, 6.45) is 0. The average Bonchev–Trinajstić information content (AvgIpc) is 2.86. The molecular weight excluding hydrogens is 522 g/mol. The van der Waals surface area contributed by atoms with E-state index in [-0.39, 0.29) is 17.3 Å². The molecule has 40 heavy (non-hydrogen) atoms. The van der Waals surface area contributed by atoms with Gasteiger partial charge in [-0.1, -0.05) is 59.7 Å². The number of benzene rings is 3. The summed E-state index contributed by atoms with van der Waals surface area (Å²) in [7, 11) is -4.11. The van der Waals surface area contributed by atoms with Gasteiger partial charge in [0.15, 0.2) is 0 Å². The molecule has 8 heteroatoms. The topological polar surface area (TPSA) is 86.8 Å². The number of hydrogen-bond acceptors (Lipinski definition) is 4. The van der Waals surface area contributed by atoms with Gasteiger partial charge in [0.25, 0.3) is 10.0 Å². The Morgan fingerprint density at radius 1 is 0.850 bits per heavy atom. The highest BCUT2D eigenvalue weighted by atomic mass is 32.2. The van der Waals surface area contributed by atoms with Gasteiger partial charge in [0, 0.05) is 12.1 Å². The molecule has 3 aromatic rings. The van der Waals surface area contributed by atoms with E-state index in [9.17, 15) is 18.0 Å². The lowest BCUT2D eigenvalue weighted by molar-refractivity contribution is -0.140. The van der Waals surface area contributed by atoms with Crippen LogP contribution in [0.5, 0.6) is 0 Å². The van der Waals surface area contributed by atoms with E-state index >= 15 is 0 Å².